The van der Waals surface area contributed by atoms with Gasteiger partial charge < -0.3 is 10.2 Å². The lowest BCUT2D eigenvalue weighted by Crippen LogP contribution is -2.51. The van der Waals surface area contributed by atoms with E-state index in [1.165, 1.54) is 0 Å². The lowest BCUT2D eigenvalue weighted by atomic mass is 9.85. The lowest BCUT2D eigenvalue weighted by molar-refractivity contribution is -0.120. The maximum Gasteiger partial charge on any atom is 0.255 e. The maximum absolute atomic E-state index is 13.7. The van der Waals surface area contributed by atoms with E-state index in [4.69, 9.17) is 0 Å². The van der Waals surface area contributed by atoms with Crippen molar-refractivity contribution in [3.05, 3.63) is 0 Å². The molecule has 1 heterocycles. The van der Waals surface area contributed by atoms with Gasteiger partial charge in [-0.05, 0) is 27.1 Å². The Bertz CT molecular complexity index is 183. The van der Waals surface area contributed by atoms with E-state index in [1.807, 2.05) is 19.0 Å². The molecule has 2 unspecified atom stereocenters. The number of piperidine rings is 1. The Labute approximate surface area is 84.7 Å². The van der Waals surface area contributed by atoms with Gasteiger partial charge in [0.2, 0.25) is 0 Å². The molecular formula is C10H20F2N2. The molecule has 1 N–H and O–H groups in total. The Balaban J connectivity index is 2.49. The van der Waals surface area contributed by atoms with Gasteiger partial charge in [0.25, 0.3) is 5.92 Å². The Hall–Kier alpha value is -0.220. The molecule has 1 aliphatic rings. The maximum atomic E-state index is 13.7. The molecule has 0 bridgehead atoms. The minimum Gasteiger partial charge on any atom is -0.316 e. The van der Waals surface area contributed by atoms with Gasteiger partial charge in [-0.1, -0.05) is 6.92 Å². The van der Waals surface area contributed by atoms with Crippen molar-refractivity contribution in [1.82, 2.24) is 10.2 Å². The number of alkyl halides is 2. The zero-order chi connectivity index (χ0) is 10.8. The molecule has 14 heavy (non-hydrogen) atoms. The molecule has 2 nitrogen and oxygen atoms in total. The third-order valence-electron chi connectivity index (χ3n) is 2.97. The van der Waals surface area contributed by atoms with E-state index in [2.05, 4.69) is 5.32 Å². The highest BCUT2D eigenvalue weighted by molar-refractivity contribution is 4.89. The normalized spacial score (nSPS) is 32.1. The molecule has 0 radical (unpaired) electrons. The average Bonchev–Trinajstić information content (AvgIpc) is 2.07. The standard InChI is InChI=1S/C10H20F2N2/c1-8-6-13-7-9(10(8,11)12)4-5-14(2)3/h8-9,13H,4-7H2,1-3H3. The number of nitrogens with zero attached hydrogens (tertiary/aromatic N) is 1. The Morgan fingerprint density at radius 2 is 2.00 bits per heavy atom. The molecule has 0 amide bonds. The van der Waals surface area contributed by atoms with Crippen LogP contribution in [0.1, 0.15) is 13.3 Å². The molecule has 0 aliphatic carbocycles. The fraction of sp³-hybridized carbons (Fsp3) is 1.00. The van der Waals surface area contributed by atoms with Gasteiger partial charge in [0.1, 0.15) is 0 Å². The first kappa shape index (κ1) is 11.9. The Kier molecular flexibility index (Phi) is 3.84. The molecule has 1 rings (SSSR count). The topological polar surface area (TPSA) is 15.3 Å². The summed E-state index contributed by atoms with van der Waals surface area (Å²) in [6, 6.07) is 0. The van der Waals surface area contributed by atoms with Gasteiger partial charge in [0.15, 0.2) is 0 Å². The second-order valence-corrected chi connectivity index (χ2v) is 4.52. The Morgan fingerprint density at radius 3 is 2.57 bits per heavy atom. The fourth-order valence-electron chi connectivity index (χ4n) is 1.86. The molecule has 1 saturated heterocycles. The first-order chi connectivity index (χ1) is 6.44. The van der Waals surface area contributed by atoms with Gasteiger partial charge in [0, 0.05) is 24.9 Å². The van der Waals surface area contributed by atoms with Crippen LogP contribution in [0.5, 0.6) is 0 Å². The molecule has 0 aromatic heterocycles. The summed E-state index contributed by atoms with van der Waals surface area (Å²) in [7, 11) is 3.83. The summed E-state index contributed by atoms with van der Waals surface area (Å²) in [5, 5.41) is 3.07. The van der Waals surface area contributed by atoms with E-state index in [-0.39, 0.29) is 0 Å². The van der Waals surface area contributed by atoms with E-state index in [9.17, 15) is 8.78 Å². The Morgan fingerprint density at radius 1 is 1.36 bits per heavy atom. The third kappa shape index (κ3) is 2.64. The van der Waals surface area contributed by atoms with Gasteiger partial charge >= 0.3 is 0 Å². The highest BCUT2D eigenvalue weighted by Gasteiger charge is 2.46. The molecular weight excluding hydrogens is 186 g/mol. The second-order valence-electron chi connectivity index (χ2n) is 4.52. The lowest BCUT2D eigenvalue weighted by Gasteiger charge is -2.37. The highest BCUT2D eigenvalue weighted by atomic mass is 19.3. The summed E-state index contributed by atoms with van der Waals surface area (Å²) in [6.07, 6.45) is 0.567. The molecule has 1 aliphatic heterocycles. The van der Waals surface area contributed by atoms with Crippen LogP contribution in [0.25, 0.3) is 0 Å². The van der Waals surface area contributed by atoms with Crippen molar-refractivity contribution >= 4 is 0 Å². The highest BCUT2D eigenvalue weighted by Crippen LogP contribution is 2.36. The van der Waals surface area contributed by atoms with Crippen molar-refractivity contribution in [3.8, 4) is 0 Å². The predicted molar refractivity (Wildman–Crippen MR) is 53.6 cm³/mol. The molecule has 2 atom stereocenters. The van der Waals surface area contributed by atoms with Gasteiger partial charge in [-0.15, -0.1) is 0 Å². The second kappa shape index (κ2) is 4.53. The van der Waals surface area contributed by atoms with E-state index in [0.29, 0.717) is 19.5 Å². The van der Waals surface area contributed by atoms with Crippen LogP contribution in [-0.4, -0.2) is 44.6 Å². The van der Waals surface area contributed by atoms with Crippen molar-refractivity contribution in [2.24, 2.45) is 11.8 Å². The fourth-order valence-corrected chi connectivity index (χ4v) is 1.86. The van der Waals surface area contributed by atoms with Crippen LogP contribution >= 0.6 is 0 Å². The zero-order valence-electron chi connectivity index (χ0n) is 9.19. The van der Waals surface area contributed by atoms with Crippen molar-refractivity contribution in [3.63, 3.8) is 0 Å². The van der Waals surface area contributed by atoms with Gasteiger partial charge in [-0.2, -0.15) is 0 Å². The minimum absolute atomic E-state index is 0.436. The van der Waals surface area contributed by atoms with E-state index in [1.54, 1.807) is 6.92 Å². The summed E-state index contributed by atoms with van der Waals surface area (Å²) >= 11 is 0. The summed E-state index contributed by atoms with van der Waals surface area (Å²) in [5.41, 5.74) is 0. The van der Waals surface area contributed by atoms with Crippen molar-refractivity contribution in [1.29, 1.82) is 0 Å². The molecule has 4 heteroatoms. The van der Waals surface area contributed by atoms with E-state index < -0.39 is 17.8 Å². The first-order valence-electron chi connectivity index (χ1n) is 5.18. The zero-order valence-corrected chi connectivity index (χ0v) is 9.19. The first-order valence-corrected chi connectivity index (χ1v) is 5.18. The van der Waals surface area contributed by atoms with Crippen molar-refractivity contribution < 1.29 is 8.78 Å². The van der Waals surface area contributed by atoms with Gasteiger partial charge in [-0.3, -0.25) is 0 Å². The molecule has 0 spiro atoms. The molecule has 84 valence electrons. The van der Waals surface area contributed by atoms with E-state index >= 15 is 0 Å². The largest absolute Gasteiger partial charge is 0.316 e. The molecule has 1 fully saturated rings. The molecule has 0 aromatic carbocycles. The van der Waals surface area contributed by atoms with Crippen LogP contribution in [0.3, 0.4) is 0 Å². The number of rotatable bonds is 3. The summed E-state index contributed by atoms with van der Waals surface area (Å²) in [5.74, 6) is -3.54. The summed E-state index contributed by atoms with van der Waals surface area (Å²) < 4.78 is 27.3. The van der Waals surface area contributed by atoms with E-state index in [0.717, 1.165) is 6.54 Å². The van der Waals surface area contributed by atoms with Crippen LogP contribution in [0, 0.1) is 11.8 Å². The van der Waals surface area contributed by atoms with Crippen molar-refractivity contribution in [2.75, 3.05) is 33.7 Å². The third-order valence-corrected chi connectivity index (χ3v) is 2.97. The summed E-state index contributed by atoms with van der Waals surface area (Å²) in [4.78, 5) is 1.95. The van der Waals surface area contributed by atoms with Crippen LogP contribution < -0.4 is 5.32 Å². The van der Waals surface area contributed by atoms with Crippen LogP contribution in [-0.2, 0) is 0 Å². The van der Waals surface area contributed by atoms with Crippen LogP contribution in [0.4, 0.5) is 8.78 Å². The average molecular weight is 206 g/mol. The van der Waals surface area contributed by atoms with Crippen LogP contribution in [0.15, 0.2) is 0 Å². The SMILES string of the molecule is CC1CNCC(CCN(C)C)C1(F)F. The quantitative estimate of drug-likeness (QED) is 0.751. The van der Waals surface area contributed by atoms with Crippen LogP contribution in [0.2, 0.25) is 0 Å². The van der Waals surface area contributed by atoms with Crippen molar-refractivity contribution in [2.45, 2.75) is 19.3 Å². The van der Waals surface area contributed by atoms with Gasteiger partial charge in [0.05, 0.1) is 0 Å². The number of halogens is 2. The number of hydrogen-bond acceptors (Lipinski definition) is 2. The minimum atomic E-state index is -2.50. The van der Waals surface area contributed by atoms with Gasteiger partial charge in [-0.25, -0.2) is 8.78 Å². The monoisotopic (exact) mass is 206 g/mol. The molecule has 0 saturated carbocycles. The smallest absolute Gasteiger partial charge is 0.255 e. The summed E-state index contributed by atoms with van der Waals surface area (Å²) in [6.45, 7) is 3.24. The predicted octanol–water partition coefficient (Wildman–Crippen LogP) is 1.43. The molecule has 0 aromatic rings. The number of nitrogens with one attached hydrogen (secondary N) is 1. The number of hydrogen-bond donors (Lipinski definition) is 1.